The number of aryl methyl sites for hydroxylation is 1. The minimum Gasteiger partial charge on any atom is -0.383 e. The summed E-state index contributed by atoms with van der Waals surface area (Å²) in [6, 6.07) is 0. The highest BCUT2D eigenvalue weighted by Gasteiger charge is 2.09. The Morgan fingerprint density at radius 3 is 2.88 bits per heavy atom. The SMILES string of the molecule is COCCNCCNC(=O)c1n[nH]c(C)n1. The van der Waals surface area contributed by atoms with Crippen molar-refractivity contribution in [2.45, 2.75) is 6.92 Å². The average Bonchev–Trinajstić information content (AvgIpc) is 2.70. The highest BCUT2D eigenvalue weighted by molar-refractivity contribution is 5.90. The van der Waals surface area contributed by atoms with Crippen LogP contribution in [0.5, 0.6) is 0 Å². The fraction of sp³-hybridized carbons (Fsp3) is 0.667. The fourth-order valence-electron chi connectivity index (χ4n) is 1.09. The number of nitrogens with one attached hydrogen (secondary N) is 3. The number of carbonyl (C=O) groups is 1. The summed E-state index contributed by atoms with van der Waals surface area (Å²) in [6.45, 7) is 4.41. The van der Waals surface area contributed by atoms with E-state index < -0.39 is 0 Å². The van der Waals surface area contributed by atoms with Gasteiger partial charge in [-0.25, -0.2) is 4.98 Å². The highest BCUT2D eigenvalue weighted by atomic mass is 16.5. The van der Waals surface area contributed by atoms with E-state index in [-0.39, 0.29) is 11.7 Å². The quantitative estimate of drug-likeness (QED) is 0.524. The first kappa shape index (κ1) is 12.6. The number of rotatable bonds is 7. The molecule has 3 N–H and O–H groups in total. The van der Waals surface area contributed by atoms with Crippen LogP contribution in [0.2, 0.25) is 0 Å². The first-order valence-corrected chi connectivity index (χ1v) is 5.11. The third kappa shape index (κ3) is 4.37. The van der Waals surface area contributed by atoms with Gasteiger partial charge in [-0.2, -0.15) is 0 Å². The molecule has 7 heteroatoms. The first-order valence-electron chi connectivity index (χ1n) is 5.11. The van der Waals surface area contributed by atoms with Crippen molar-refractivity contribution in [2.75, 3.05) is 33.4 Å². The fourth-order valence-corrected chi connectivity index (χ4v) is 1.09. The van der Waals surface area contributed by atoms with Gasteiger partial charge < -0.3 is 15.4 Å². The third-order valence-corrected chi connectivity index (χ3v) is 1.87. The van der Waals surface area contributed by atoms with Crippen LogP contribution in [0.1, 0.15) is 16.4 Å². The second kappa shape index (κ2) is 6.91. The third-order valence-electron chi connectivity index (χ3n) is 1.87. The lowest BCUT2D eigenvalue weighted by Gasteiger charge is -2.04. The molecule has 0 aromatic carbocycles. The molecule has 7 nitrogen and oxygen atoms in total. The predicted octanol–water partition coefficient (Wildman–Crippen LogP) is -0.921. The van der Waals surface area contributed by atoms with Gasteiger partial charge in [0.05, 0.1) is 6.61 Å². The second-order valence-corrected chi connectivity index (χ2v) is 3.24. The number of aromatic amines is 1. The molecule has 1 aromatic heterocycles. The van der Waals surface area contributed by atoms with E-state index in [4.69, 9.17) is 4.74 Å². The Morgan fingerprint density at radius 1 is 1.44 bits per heavy atom. The standard InChI is InChI=1S/C9H17N5O2/c1-7-12-8(14-13-7)9(15)11-4-3-10-5-6-16-2/h10H,3-6H2,1-2H3,(H,11,15)(H,12,13,14). The summed E-state index contributed by atoms with van der Waals surface area (Å²) in [4.78, 5) is 15.4. The van der Waals surface area contributed by atoms with Gasteiger partial charge in [0, 0.05) is 26.7 Å². The van der Waals surface area contributed by atoms with Crippen LogP contribution in [0.4, 0.5) is 0 Å². The molecule has 1 amide bonds. The van der Waals surface area contributed by atoms with Crippen molar-refractivity contribution >= 4 is 5.91 Å². The number of ether oxygens (including phenoxy) is 1. The van der Waals surface area contributed by atoms with Gasteiger partial charge in [0.1, 0.15) is 5.82 Å². The Hall–Kier alpha value is -1.47. The van der Waals surface area contributed by atoms with Crippen LogP contribution in [-0.4, -0.2) is 54.4 Å². The minimum absolute atomic E-state index is 0.175. The number of carbonyl (C=O) groups excluding carboxylic acids is 1. The molecule has 0 atom stereocenters. The number of nitrogens with zero attached hydrogens (tertiary/aromatic N) is 2. The molecule has 90 valence electrons. The van der Waals surface area contributed by atoms with Crippen molar-refractivity contribution in [3.63, 3.8) is 0 Å². The number of methoxy groups -OCH3 is 1. The molecule has 0 saturated carbocycles. The lowest BCUT2D eigenvalue weighted by Crippen LogP contribution is -2.33. The number of hydrogen-bond donors (Lipinski definition) is 3. The molecular weight excluding hydrogens is 210 g/mol. The molecule has 0 fully saturated rings. The monoisotopic (exact) mass is 227 g/mol. The molecular formula is C9H17N5O2. The van der Waals surface area contributed by atoms with Gasteiger partial charge in [0.25, 0.3) is 5.91 Å². The summed E-state index contributed by atoms with van der Waals surface area (Å²) in [7, 11) is 1.65. The normalized spacial score (nSPS) is 10.4. The number of aromatic nitrogens is 3. The van der Waals surface area contributed by atoms with E-state index in [0.29, 0.717) is 25.5 Å². The Kier molecular flexibility index (Phi) is 5.44. The second-order valence-electron chi connectivity index (χ2n) is 3.24. The minimum atomic E-state index is -0.266. The molecule has 1 heterocycles. The van der Waals surface area contributed by atoms with Crippen LogP contribution >= 0.6 is 0 Å². The van der Waals surface area contributed by atoms with Crippen molar-refractivity contribution in [2.24, 2.45) is 0 Å². The van der Waals surface area contributed by atoms with Crippen molar-refractivity contribution < 1.29 is 9.53 Å². The summed E-state index contributed by atoms with van der Waals surface area (Å²) >= 11 is 0. The van der Waals surface area contributed by atoms with Crippen LogP contribution in [-0.2, 0) is 4.74 Å². The zero-order valence-corrected chi connectivity index (χ0v) is 9.54. The van der Waals surface area contributed by atoms with Crippen LogP contribution in [0.3, 0.4) is 0 Å². The molecule has 16 heavy (non-hydrogen) atoms. The van der Waals surface area contributed by atoms with E-state index in [1.165, 1.54) is 0 Å². The molecule has 0 aliphatic rings. The maximum atomic E-state index is 11.4. The largest absolute Gasteiger partial charge is 0.383 e. The summed E-state index contributed by atoms with van der Waals surface area (Å²) < 4.78 is 4.87. The average molecular weight is 227 g/mol. The zero-order valence-electron chi connectivity index (χ0n) is 9.54. The van der Waals surface area contributed by atoms with Gasteiger partial charge in [-0.3, -0.25) is 9.89 Å². The topological polar surface area (TPSA) is 91.9 Å². The molecule has 0 bridgehead atoms. The smallest absolute Gasteiger partial charge is 0.291 e. The van der Waals surface area contributed by atoms with Crippen molar-refractivity contribution in [1.29, 1.82) is 0 Å². The summed E-state index contributed by atoms with van der Waals surface area (Å²) in [5.74, 6) is 0.538. The molecule has 0 radical (unpaired) electrons. The van der Waals surface area contributed by atoms with Crippen LogP contribution < -0.4 is 10.6 Å². The van der Waals surface area contributed by atoms with Crippen molar-refractivity contribution in [3.05, 3.63) is 11.6 Å². The molecule has 1 rings (SSSR count). The van der Waals surface area contributed by atoms with E-state index in [9.17, 15) is 4.79 Å². The molecule has 1 aromatic rings. The maximum Gasteiger partial charge on any atom is 0.291 e. The van der Waals surface area contributed by atoms with Gasteiger partial charge in [-0.1, -0.05) is 0 Å². The van der Waals surface area contributed by atoms with Crippen LogP contribution in [0, 0.1) is 6.92 Å². The van der Waals surface area contributed by atoms with Crippen LogP contribution in [0.15, 0.2) is 0 Å². The van der Waals surface area contributed by atoms with Crippen LogP contribution in [0.25, 0.3) is 0 Å². The van der Waals surface area contributed by atoms with Crippen molar-refractivity contribution in [1.82, 2.24) is 25.8 Å². The van der Waals surface area contributed by atoms with Gasteiger partial charge in [0.2, 0.25) is 5.82 Å². The summed E-state index contributed by atoms with van der Waals surface area (Å²) in [6.07, 6.45) is 0. The number of amides is 1. The lowest BCUT2D eigenvalue weighted by atomic mass is 10.5. The van der Waals surface area contributed by atoms with Gasteiger partial charge in [0.15, 0.2) is 0 Å². The van der Waals surface area contributed by atoms with Gasteiger partial charge in [-0.05, 0) is 6.92 Å². The summed E-state index contributed by atoms with van der Waals surface area (Å²) in [5, 5.41) is 12.2. The van der Waals surface area contributed by atoms with E-state index in [0.717, 1.165) is 6.54 Å². The Balaban J connectivity index is 2.11. The van der Waals surface area contributed by atoms with Gasteiger partial charge in [-0.15, -0.1) is 5.10 Å². The van der Waals surface area contributed by atoms with E-state index >= 15 is 0 Å². The Labute approximate surface area is 94.0 Å². The first-order chi connectivity index (χ1) is 7.74. The highest BCUT2D eigenvalue weighted by Crippen LogP contribution is 1.89. The van der Waals surface area contributed by atoms with Gasteiger partial charge >= 0.3 is 0 Å². The van der Waals surface area contributed by atoms with Crippen molar-refractivity contribution in [3.8, 4) is 0 Å². The summed E-state index contributed by atoms with van der Waals surface area (Å²) in [5.41, 5.74) is 0. The number of H-pyrrole nitrogens is 1. The zero-order chi connectivity index (χ0) is 11.8. The molecule has 0 aliphatic heterocycles. The Morgan fingerprint density at radius 2 is 2.25 bits per heavy atom. The molecule has 0 aliphatic carbocycles. The predicted molar refractivity (Wildman–Crippen MR) is 58.2 cm³/mol. The Bertz CT molecular complexity index is 325. The number of hydrogen-bond acceptors (Lipinski definition) is 5. The van der Waals surface area contributed by atoms with E-state index in [1.807, 2.05) is 0 Å². The molecule has 0 unspecified atom stereocenters. The van der Waals surface area contributed by atoms with E-state index in [1.54, 1.807) is 14.0 Å². The van der Waals surface area contributed by atoms with E-state index in [2.05, 4.69) is 25.8 Å². The maximum absolute atomic E-state index is 11.4. The molecule has 0 saturated heterocycles. The lowest BCUT2D eigenvalue weighted by molar-refractivity contribution is 0.0943. The molecule has 0 spiro atoms.